The van der Waals surface area contributed by atoms with E-state index in [2.05, 4.69) is 19.6 Å². The summed E-state index contributed by atoms with van der Waals surface area (Å²) in [5, 5.41) is 3.62. The van der Waals surface area contributed by atoms with Crippen LogP contribution in [-0.2, 0) is 16.2 Å². The first-order valence-corrected chi connectivity index (χ1v) is 12.0. The van der Waals surface area contributed by atoms with Crippen molar-refractivity contribution in [2.75, 3.05) is 17.5 Å². The number of fused-ring (bicyclic) bond motifs is 1. The largest absolute Gasteiger partial charge is 0.474 e. The van der Waals surface area contributed by atoms with E-state index in [9.17, 15) is 26.4 Å². The van der Waals surface area contributed by atoms with E-state index >= 15 is 0 Å². The van der Waals surface area contributed by atoms with Gasteiger partial charge in [0.15, 0.2) is 5.82 Å². The van der Waals surface area contributed by atoms with Crippen molar-refractivity contribution < 1.29 is 30.8 Å². The van der Waals surface area contributed by atoms with Crippen molar-refractivity contribution in [3.05, 3.63) is 76.3 Å². The molecule has 1 aliphatic heterocycles. The van der Waals surface area contributed by atoms with E-state index in [0.29, 0.717) is 22.4 Å². The molecule has 13 heteroatoms. The molecule has 0 saturated heterocycles. The third-order valence-electron chi connectivity index (χ3n) is 5.63. The molecule has 1 aliphatic rings. The Kier molecular flexibility index (Phi) is 5.58. The van der Waals surface area contributed by atoms with Crippen molar-refractivity contribution in [3.63, 3.8) is 0 Å². The number of sulfonamides is 1. The Bertz CT molecular complexity index is 1610. The van der Waals surface area contributed by atoms with Crippen LogP contribution in [0, 0.1) is 6.92 Å². The fourth-order valence-corrected chi connectivity index (χ4v) is 5.38. The second kappa shape index (κ2) is 8.52. The number of aromatic amines is 1. The minimum atomic E-state index is -4.46. The lowest BCUT2D eigenvalue weighted by Gasteiger charge is -2.30. The van der Waals surface area contributed by atoms with E-state index in [1.54, 1.807) is 6.92 Å². The third kappa shape index (κ3) is 4.21. The minimum absolute atomic E-state index is 0.00857. The Morgan fingerprint density at radius 1 is 1.06 bits per heavy atom. The Balaban J connectivity index is 1.47. The number of benzene rings is 2. The standard InChI is InChI=1S/C23H17F3N4O5S/c1-13-12-16(6-7-17(13)20-28-22(31)35-29-20)36(32,33)30-10-11-34-21-19(30)9-8-18(27-21)14-2-4-15(5-3-14)23(24,25)26/h2-9,12H,10-11H2,1H3,(H,28,29,31). The second-order valence-electron chi connectivity index (χ2n) is 7.94. The molecular weight excluding hydrogens is 501 g/mol. The number of rotatable bonds is 4. The molecule has 4 aromatic rings. The molecule has 2 aromatic carbocycles. The highest BCUT2D eigenvalue weighted by Crippen LogP contribution is 2.37. The number of nitrogens with zero attached hydrogens (tertiary/aromatic N) is 3. The number of nitrogens with one attached hydrogen (secondary N) is 1. The predicted octanol–water partition coefficient (Wildman–Crippen LogP) is 4.01. The van der Waals surface area contributed by atoms with E-state index in [4.69, 9.17) is 4.74 Å². The zero-order chi connectivity index (χ0) is 25.7. The Morgan fingerprint density at radius 2 is 1.81 bits per heavy atom. The molecule has 186 valence electrons. The third-order valence-corrected chi connectivity index (χ3v) is 7.44. The zero-order valence-electron chi connectivity index (χ0n) is 18.5. The molecule has 9 nitrogen and oxygen atoms in total. The molecule has 0 bridgehead atoms. The van der Waals surface area contributed by atoms with Crippen molar-refractivity contribution in [3.8, 4) is 28.5 Å². The minimum Gasteiger partial charge on any atom is -0.474 e. The van der Waals surface area contributed by atoms with Crippen LogP contribution in [-0.4, -0.2) is 36.7 Å². The first-order chi connectivity index (χ1) is 17.0. The average Bonchev–Trinajstić information content (AvgIpc) is 3.28. The van der Waals surface area contributed by atoms with Gasteiger partial charge in [0, 0.05) is 11.1 Å². The number of ether oxygens (including phenoxy) is 1. The summed E-state index contributed by atoms with van der Waals surface area (Å²) in [7, 11) is -4.02. The van der Waals surface area contributed by atoms with Gasteiger partial charge in [0.2, 0.25) is 5.88 Å². The maximum Gasteiger partial charge on any atom is 0.439 e. The topological polar surface area (TPSA) is 118 Å². The molecule has 0 atom stereocenters. The first kappa shape index (κ1) is 23.6. The summed E-state index contributed by atoms with van der Waals surface area (Å²) in [6.07, 6.45) is -4.46. The summed E-state index contributed by atoms with van der Waals surface area (Å²) in [6.45, 7) is 1.74. The summed E-state index contributed by atoms with van der Waals surface area (Å²) in [5.74, 6) is -0.497. The van der Waals surface area contributed by atoms with E-state index in [1.807, 2.05) is 0 Å². The van der Waals surface area contributed by atoms with Crippen molar-refractivity contribution in [1.29, 1.82) is 0 Å². The predicted molar refractivity (Wildman–Crippen MR) is 122 cm³/mol. The van der Waals surface area contributed by atoms with Gasteiger partial charge in [-0.05, 0) is 55.0 Å². The fourth-order valence-electron chi connectivity index (χ4n) is 3.85. The highest BCUT2D eigenvalue weighted by molar-refractivity contribution is 7.92. The number of H-pyrrole nitrogens is 1. The normalized spacial score (nSPS) is 13.8. The average molecular weight is 518 g/mol. The molecule has 0 unspecified atom stereocenters. The van der Waals surface area contributed by atoms with Crippen LogP contribution >= 0.6 is 0 Å². The number of aromatic nitrogens is 3. The molecule has 2 aromatic heterocycles. The van der Waals surface area contributed by atoms with Crippen LogP contribution in [0.4, 0.5) is 18.9 Å². The van der Waals surface area contributed by atoms with Gasteiger partial charge in [-0.25, -0.2) is 18.2 Å². The molecule has 0 fully saturated rings. The molecule has 0 amide bonds. The summed E-state index contributed by atoms with van der Waals surface area (Å²) < 4.78 is 76.8. The molecule has 36 heavy (non-hydrogen) atoms. The van der Waals surface area contributed by atoms with Gasteiger partial charge in [0.1, 0.15) is 12.3 Å². The zero-order valence-corrected chi connectivity index (χ0v) is 19.4. The van der Waals surface area contributed by atoms with E-state index in [-0.39, 0.29) is 35.4 Å². The van der Waals surface area contributed by atoms with Crippen LogP contribution in [0.25, 0.3) is 22.6 Å². The van der Waals surface area contributed by atoms with Gasteiger partial charge in [-0.1, -0.05) is 17.3 Å². The summed E-state index contributed by atoms with van der Waals surface area (Å²) in [4.78, 5) is 18.0. The maximum absolute atomic E-state index is 13.5. The van der Waals surface area contributed by atoms with Crippen LogP contribution in [0.3, 0.4) is 0 Å². The van der Waals surface area contributed by atoms with E-state index < -0.39 is 27.5 Å². The van der Waals surface area contributed by atoms with Crippen molar-refractivity contribution >= 4 is 15.7 Å². The number of hydrogen-bond acceptors (Lipinski definition) is 7. The first-order valence-electron chi connectivity index (χ1n) is 10.6. The second-order valence-corrected chi connectivity index (χ2v) is 9.80. The number of pyridine rings is 1. The van der Waals surface area contributed by atoms with Gasteiger partial charge in [-0.3, -0.25) is 13.8 Å². The molecule has 0 radical (unpaired) electrons. The van der Waals surface area contributed by atoms with Crippen LogP contribution in [0.1, 0.15) is 11.1 Å². The highest BCUT2D eigenvalue weighted by atomic mass is 32.2. The molecule has 0 aliphatic carbocycles. The number of alkyl halides is 3. The van der Waals surface area contributed by atoms with Gasteiger partial charge in [0.25, 0.3) is 10.0 Å². The van der Waals surface area contributed by atoms with Crippen LogP contribution in [0.5, 0.6) is 5.88 Å². The number of aryl methyl sites for hydroxylation is 1. The van der Waals surface area contributed by atoms with Gasteiger partial charge in [-0.15, -0.1) is 0 Å². The van der Waals surface area contributed by atoms with Gasteiger partial charge in [-0.2, -0.15) is 13.2 Å². The Labute approximate surface area is 202 Å². The number of hydrogen-bond donors (Lipinski definition) is 1. The number of anilines is 1. The smallest absolute Gasteiger partial charge is 0.439 e. The van der Waals surface area contributed by atoms with E-state index in [0.717, 1.165) is 12.1 Å². The maximum atomic E-state index is 13.5. The van der Waals surface area contributed by atoms with Crippen LogP contribution in [0.15, 0.2) is 68.8 Å². The van der Waals surface area contributed by atoms with Crippen molar-refractivity contribution in [2.45, 2.75) is 18.0 Å². The Hall–Kier alpha value is -4.13. The van der Waals surface area contributed by atoms with Crippen molar-refractivity contribution in [1.82, 2.24) is 15.1 Å². The highest BCUT2D eigenvalue weighted by Gasteiger charge is 2.32. The van der Waals surface area contributed by atoms with Crippen LogP contribution < -0.4 is 14.8 Å². The fraction of sp³-hybridized carbons (Fsp3) is 0.174. The molecule has 5 rings (SSSR count). The summed E-state index contributed by atoms with van der Waals surface area (Å²) in [6, 6.07) is 11.9. The van der Waals surface area contributed by atoms with Gasteiger partial charge >= 0.3 is 11.9 Å². The SMILES string of the molecule is Cc1cc(S(=O)(=O)N2CCOc3nc(-c4ccc(C(F)(F)F)cc4)ccc32)ccc1-c1noc(=O)[nH]1. The lowest BCUT2D eigenvalue weighted by Crippen LogP contribution is -2.38. The lowest BCUT2D eigenvalue weighted by molar-refractivity contribution is -0.137. The van der Waals surface area contributed by atoms with Crippen LogP contribution in [0.2, 0.25) is 0 Å². The quantitative estimate of drug-likeness (QED) is 0.434. The Morgan fingerprint density at radius 3 is 2.44 bits per heavy atom. The molecular formula is C23H17F3N4O5S. The summed E-state index contributed by atoms with van der Waals surface area (Å²) in [5.41, 5.74) is 1.23. The van der Waals surface area contributed by atoms with Gasteiger partial charge in [0.05, 0.1) is 22.7 Å². The molecule has 0 spiro atoms. The summed E-state index contributed by atoms with van der Waals surface area (Å²) >= 11 is 0. The monoisotopic (exact) mass is 518 g/mol. The van der Waals surface area contributed by atoms with Gasteiger partial charge < -0.3 is 4.74 Å². The molecule has 0 saturated carbocycles. The van der Waals surface area contributed by atoms with E-state index in [1.165, 1.54) is 46.8 Å². The number of halogens is 3. The van der Waals surface area contributed by atoms with Crippen molar-refractivity contribution in [2.24, 2.45) is 0 Å². The molecule has 3 heterocycles. The molecule has 1 N–H and O–H groups in total. The lowest BCUT2D eigenvalue weighted by atomic mass is 10.1.